The summed E-state index contributed by atoms with van der Waals surface area (Å²) in [6.45, 7) is 2.37. The van der Waals surface area contributed by atoms with E-state index in [9.17, 15) is 13.2 Å². The molecular formula is C13H15N3O5S. The Labute approximate surface area is 127 Å². The fraction of sp³-hybridized carbons (Fsp3) is 0.231. The smallest absolute Gasteiger partial charge is 0.344 e. The van der Waals surface area contributed by atoms with E-state index >= 15 is 0 Å². The molecule has 2 aromatic rings. The highest BCUT2D eigenvalue weighted by molar-refractivity contribution is 7.89. The van der Waals surface area contributed by atoms with E-state index in [2.05, 4.69) is 5.10 Å². The van der Waals surface area contributed by atoms with Crippen molar-refractivity contribution in [3.8, 4) is 11.6 Å². The van der Waals surface area contributed by atoms with Crippen molar-refractivity contribution in [3.05, 3.63) is 35.9 Å². The van der Waals surface area contributed by atoms with Crippen molar-refractivity contribution < 1.29 is 22.7 Å². The lowest BCUT2D eigenvalue weighted by atomic mass is 10.2. The van der Waals surface area contributed by atoms with Crippen LogP contribution < -0.4 is 15.2 Å². The third-order valence-electron chi connectivity index (χ3n) is 2.59. The van der Waals surface area contributed by atoms with Crippen molar-refractivity contribution in [2.45, 2.75) is 6.92 Å². The minimum atomic E-state index is -3.65. The number of hydrogen-bond donors (Lipinski definition) is 1. The zero-order chi connectivity index (χ0) is 16.3. The summed E-state index contributed by atoms with van der Waals surface area (Å²) in [6, 6.07) is 7.48. The standard InChI is InChI=1S/C13H15N3O5S/c1-3-20-10-6-4-9(5-7-10)13(17)21-12-8-11(14)16(15-12)22(2,18)19/h4-8H,3,14H2,1-2H3. The van der Waals surface area contributed by atoms with Gasteiger partial charge in [-0.15, -0.1) is 9.19 Å². The highest BCUT2D eigenvalue weighted by Crippen LogP contribution is 2.18. The average molecular weight is 325 g/mol. The van der Waals surface area contributed by atoms with Gasteiger partial charge in [0.1, 0.15) is 11.6 Å². The van der Waals surface area contributed by atoms with Gasteiger partial charge in [0, 0.05) is 6.07 Å². The summed E-state index contributed by atoms with van der Waals surface area (Å²) < 4.78 is 33.6. The van der Waals surface area contributed by atoms with Crippen LogP contribution in [0.15, 0.2) is 30.3 Å². The molecule has 0 aliphatic rings. The molecule has 0 unspecified atom stereocenters. The number of hydrogen-bond acceptors (Lipinski definition) is 7. The Hall–Kier alpha value is -2.55. The molecule has 2 rings (SSSR count). The van der Waals surface area contributed by atoms with E-state index < -0.39 is 16.0 Å². The van der Waals surface area contributed by atoms with E-state index in [0.29, 0.717) is 16.4 Å². The summed E-state index contributed by atoms with van der Waals surface area (Å²) in [6.07, 6.45) is 0.939. The molecule has 118 valence electrons. The van der Waals surface area contributed by atoms with E-state index in [1.54, 1.807) is 12.1 Å². The molecule has 0 radical (unpaired) electrons. The van der Waals surface area contributed by atoms with Crippen LogP contribution in [0.4, 0.5) is 5.82 Å². The second kappa shape index (κ2) is 6.06. The molecule has 1 heterocycles. The Morgan fingerprint density at radius 3 is 2.45 bits per heavy atom. The van der Waals surface area contributed by atoms with Crippen LogP contribution in [0.2, 0.25) is 0 Å². The van der Waals surface area contributed by atoms with Gasteiger partial charge in [0.05, 0.1) is 18.4 Å². The van der Waals surface area contributed by atoms with Gasteiger partial charge in [-0.05, 0) is 31.2 Å². The van der Waals surface area contributed by atoms with Crippen molar-refractivity contribution in [1.82, 2.24) is 9.19 Å². The first-order valence-electron chi connectivity index (χ1n) is 6.32. The summed E-state index contributed by atoms with van der Waals surface area (Å²) in [7, 11) is -3.65. The Balaban J connectivity index is 2.15. The molecule has 8 nitrogen and oxygen atoms in total. The Kier molecular flexibility index (Phi) is 4.36. The van der Waals surface area contributed by atoms with E-state index in [0.717, 1.165) is 12.3 Å². The van der Waals surface area contributed by atoms with Crippen LogP contribution in [-0.2, 0) is 10.0 Å². The largest absolute Gasteiger partial charge is 0.494 e. The Bertz CT molecular complexity index is 781. The molecule has 1 aromatic carbocycles. The van der Waals surface area contributed by atoms with Crippen molar-refractivity contribution in [2.24, 2.45) is 0 Å². The van der Waals surface area contributed by atoms with Crippen LogP contribution in [0.5, 0.6) is 11.6 Å². The SMILES string of the molecule is CCOc1ccc(C(=O)Oc2cc(N)n(S(C)(=O)=O)n2)cc1. The lowest BCUT2D eigenvalue weighted by molar-refractivity contribution is 0.0727. The number of nitrogens with zero attached hydrogens (tertiary/aromatic N) is 2. The highest BCUT2D eigenvalue weighted by Gasteiger charge is 2.17. The second-order valence-electron chi connectivity index (χ2n) is 4.36. The maximum atomic E-state index is 12.0. The number of carbonyl (C=O) groups excluding carboxylic acids is 1. The van der Waals surface area contributed by atoms with E-state index in [1.165, 1.54) is 12.1 Å². The van der Waals surface area contributed by atoms with Crippen molar-refractivity contribution in [1.29, 1.82) is 0 Å². The van der Waals surface area contributed by atoms with Gasteiger partial charge < -0.3 is 15.2 Å². The van der Waals surface area contributed by atoms with Crippen LogP contribution in [0.3, 0.4) is 0 Å². The summed E-state index contributed by atoms with van der Waals surface area (Å²) in [5.74, 6) is -0.385. The molecular weight excluding hydrogens is 310 g/mol. The molecule has 0 atom stereocenters. The third-order valence-corrected chi connectivity index (χ3v) is 3.51. The third kappa shape index (κ3) is 3.55. The summed E-state index contributed by atoms with van der Waals surface area (Å²) >= 11 is 0. The maximum absolute atomic E-state index is 12.0. The zero-order valence-corrected chi connectivity index (χ0v) is 12.8. The lowest BCUT2D eigenvalue weighted by Crippen LogP contribution is -2.15. The number of benzene rings is 1. The summed E-state index contributed by atoms with van der Waals surface area (Å²) in [5.41, 5.74) is 5.78. The monoisotopic (exact) mass is 325 g/mol. The molecule has 0 saturated heterocycles. The minimum Gasteiger partial charge on any atom is -0.494 e. The number of esters is 1. The first-order valence-corrected chi connectivity index (χ1v) is 8.17. The van der Waals surface area contributed by atoms with Gasteiger partial charge in [0.25, 0.3) is 10.0 Å². The summed E-state index contributed by atoms with van der Waals surface area (Å²) in [5, 5.41) is 3.63. The Morgan fingerprint density at radius 2 is 1.95 bits per heavy atom. The predicted octanol–water partition coefficient (Wildman–Crippen LogP) is 0.891. The van der Waals surface area contributed by atoms with Gasteiger partial charge in [0.2, 0.25) is 5.88 Å². The molecule has 0 saturated carbocycles. The zero-order valence-electron chi connectivity index (χ0n) is 12.0. The van der Waals surface area contributed by atoms with Gasteiger partial charge in [-0.1, -0.05) is 0 Å². The molecule has 0 aliphatic carbocycles. The number of nitrogen functional groups attached to an aromatic ring is 1. The first-order chi connectivity index (χ1) is 10.3. The van der Waals surface area contributed by atoms with Crippen LogP contribution >= 0.6 is 0 Å². The number of anilines is 1. The fourth-order valence-electron chi connectivity index (χ4n) is 1.68. The molecule has 0 bridgehead atoms. The molecule has 0 amide bonds. The maximum Gasteiger partial charge on any atom is 0.344 e. The van der Waals surface area contributed by atoms with Crippen LogP contribution in [0.1, 0.15) is 17.3 Å². The molecule has 1 aromatic heterocycles. The van der Waals surface area contributed by atoms with Gasteiger partial charge >= 0.3 is 5.97 Å². The van der Waals surface area contributed by atoms with Crippen molar-refractivity contribution >= 4 is 21.8 Å². The predicted molar refractivity (Wildman–Crippen MR) is 79.5 cm³/mol. The minimum absolute atomic E-state index is 0.142. The molecule has 0 fully saturated rings. The quantitative estimate of drug-likeness (QED) is 0.812. The van der Waals surface area contributed by atoms with Crippen LogP contribution in [0.25, 0.3) is 0 Å². The van der Waals surface area contributed by atoms with E-state index in [-0.39, 0.29) is 17.3 Å². The number of ether oxygens (including phenoxy) is 2. The number of carbonyl (C=O) groups is 1. The average Bonchev–Trinajstić information content (AvgIpc) is 2.80. The number of nitrogens with two attached hydrogens (primary N) is 1. The Morgan fingerprint density at radius 1 is 1.32 bits per heavy atom. The van der Waals surface area contributed by atoms with Crippen molar-refractivity contribution in [2.75, 3.05) is 18.6 Å². The topological polar surface area (TPSA) is 114 Å². The molecule has 9 heteroatoms. The van der Waals surface area contributed by atoms with Gasteiger partial charge in [-0.2, -0.15) is 0 Å². The molecule has 0 spiro atoms. The van der Waals surface area contributed by atoms with Crippen LogP contribution in [-0.4, -0.2) is 36.4 Å². The number of rotatable bonds is 5. The number of aromatic nitrogens is 2. The molecule has 2 N–H and O–H groups in total. The first kappa shape index (κ1) is 15.8. The normalized spacial score (nSPS) is 11.2. The van der Waals surface area contributed by atoms with Crippen molar-refractivity contribution in [3.63, 3.8) is 0 Å². The lowest BCUT2D eigenvalue weighted by Gasteiger charge is -2.04. The van der Waals surface area contributed by atoms with Crippen LogP contribution in [0, 0.1) is 0 Å². The second-order valence-corrected chi connectivity index (χ2v) is 6.17. The van der Waals surface area contributed by atoms with Gasteiger partial charge in [0.15, 0.2) is 0 Å². The summed E-state index contributed by atoms with van der Waals surface area (Å²) in [4.78, 5) is 12.0. The van der Waals surface area contributed by atoms with Gasteiger partial charge in [-0.25, -0.2) is 13.2 Å². The van der Waals surface area contributed by atoms with E-state index in [4.69, 9.17) is 15.2 Å². The molecule has 0 aliphatic heterocycles. The van der Waals surface area contributed by atoms with E-state index in [1.807, 2.05) is 6.92 Å². The van der Waals surface area contributed by atoms with Gasteiger partial charge in [-0.3, -0.25) is 0 Å². The molecule has 22 heavy (non-hydrogen) atoms. The fourth-order valence-corrected chi connectivity index (χ4v) is 2.35. The highest BCUT2D eigenvalue weighted by atomic mass is 32.2.